The molecule has 0 saturated heterocycles. The number of likely N-dealkylation sites (N-methyl/N-ethyl adjacent to an activating group) is 3. The molecule has 22 heavy (non-hydrogen) atoms. The van der Waals surface area contributed by atoms with Crippen LogP contribution in [0.3, 0.4) is 0 Å². The highest BCUT2D eigenvalue weighted by Crippen LogP contribution is 2.43. The molecule has 7 heteroatoms. The van der Waals surface area contributed by atoms with Crippen LogP contribution in [0, 0.1) is 0 Å². The van der Waals surface area contributed by atoms with Gasteiger partial charge in [0.15, 0.2) is 0 Å². The Morgan fingerprint density at radius 3 is 1.00 bits per heavy atom. The van der Waals surface area contributed by atoms with E-state index in [0.717, 1.165) is 19.6 Å². The van der Waals surface area contributed by atoms with Crippen molar-refractivity contribution < 1.29 is 13.6 Å². The van der Waals surface area contributed by atoms with E-state index in [1.165, 1.54) is 0 Å². The third-order valence-electron chi connectivity index (χ3n) is 2.66. The summed E-state index contributed by atoms with van der Waals surface area (Å²) in [7, 11) is 10.9. The smallest absolute Gasteiger partial charge is 0.308 e. The Kier molecular flexibility index (Phi) is 11.8. The SMILES string of the molecule is C[C@H](CN(C)C)OP(O[C@H](C)CN(C)C)O[C@@H](C)CN(C)C. The molecule has 0 fully saturated rings. The molecule has 134 valence electrons. The lowest BCUT2D eigenvalue weighted by Gasteiger charge is -2.28. The first-order chi connectivity index (χ1) is 10.1. The Hall–Kier alpha value is 0.190. The van der Waals surface area contributed by atoms with Gasteiger partial charge in [-0.2, -0.15) is 0 Å². The zero-order chi connectivity index (χ0) is 17.3. The maximum Gasteiger partial charge on any atom is 0.333 e. The van der Waals surface area contributed by atoms with Crippen molar-refractivity contribution >= 4 is 8.60 Å². The molecule has 3 atom stereocenters. The molecular formula is C15H36N3O3P. The Morgan fingerprint density at radius 2 is 0.818 bits per heavy atom. The van der Waals surface area contributed by atoms with Crippen LogP contribution in [0.4, 0.5) is 0 Å². The summed E-state index contributed by atoms with van der Waals surface area (Å²) < 4.78 is 18.0. The lowest BCUT2D eigenvalue weighted by atomic mass is 10.4. The van der Waals surface area contributed by atoms with Crippen LogP contribution in [0.2, 0.25) is 0 Å². The van der Waals surface area contributed by atoms with E-state index in [9.17, 15) is 0 Å². The van der Waals surface area contributed by atoms with E-state index in [-0.39, 0.29) is 18.3 Å². The van der Waals surface area contributed by atoms with E-state index < -0.39 is 8.60 Å². The summed E-state index contributed by atoms with van der Waals surface area (Å²) in [5, 5.41) is 0. The Balaban J connectivity index is 4.53. The Bertz CT molecular complexity index is 238. The van der Waals surface area contributed by atoms with E-state index in [0.29, 0.717) is 0 Å². The normalized spacial score (nSPS) is 16.8. The molecule has 0 aromatic carbocycles. The van der Waals surface area contributed by atoms with Crippen molar-refractivity contribution in [2.45, 2.75) is 39.1 Å². The molecule has 0 bridgehead atoms. The summed E-state index contributed by atoms with van der Waals surface area (Å²) in [6.07, 6.45) is 0.206. The summed E-state index contributed by atoms with van der Waals surface area (Å²) in [5.41, 5.74) is 0. The van der Waals surface area contributed by atoms with Crippen LogP contribution in [-0.4, -0.2) is 94.9 Å². The summed E-state index contributed by atoms with van der Waals surface area (Å²) >= 11 is 0. The van der Waals surface area contributed by atoms with Crippen LogP contribution >= 0.6 is 8.60 Å². The molecule has 0 saturated carbocycles. The molecule has 0 aliphatic heterocycles. The van der Waals surface area contributed by atoms with Gasteiger partial charge < -0.3 is 28.3 Å². The van der Waals surface area contributed by atoms with E-state index in [2.05, 4.69) is 35.5 Å². The third kappa shape index (κ3) is 12.7. The van der Waals surface area contributed by atoms with Gasteiger partial charge in [0.2, 0.25) is 0 Å². The highest BCUT2D eigenvalue weighted by Gasteiger charge is 2.23. The van der Waals surface area contributed by atoms with Crippen molar-refractivity contribution in [2.24, 2.45) is 0 Å². The molecule has 0 amide bonds. The van der Waals surface area contributed by atoms with E-state index >= 15 is 0 Å². The zero-order valence-corrected chi connectivity index (χ0v) is 16.8. The fraction of sp³-hybridized carbons (Fsp3) is 1.00. The zero-order valence-electron chi connectivity index (χ0n) is 15.9. The van der Waals surface area contributed by atoms with Crippen molar-refractivity contribution in [3.8, 4) is 0 Å². The highest BCUT2D eigenvalue weighted by molar-refractivity contribution is 7.41. The summed E-state index contributed by atoms with van der Waals surface area (Å²) in [4.78, 5) is 6.31. The van der Waals surface area contributed by atoms with Gasteiger partial charge in [-0.1, -0.05) is 0 Å². The van der Waals surface area contributed by atoms with E-state index in [1.807, 2.05) is 42.3 Å². The van der Waals surface area contributed by atoms with Gasteiger partial charge in [-0.3, -0.25) is 0 Å². The number of nitrogens with zero attached hydrogens (tertiary/aromatic N) is 3. The van der Waals surface area contributed by atoms with Gasteiger partial charge in [-0.25, -0.2) is 0 Å². The molecule has 0 aliphatic rings. The van der Waals surface area contributed by atoms with Crippen LogP contribution in [0.5, 0.6) is 0 Å². The van der Waals surface area contributed by atoms with Crippen LogP contribution in [-0.2, 0) is 13.6 Å². The van der Waals surface area contributed by atoms with Gasteiger partial charge in [0.05, 0.1) is 18.3 Å². The average molecular weight is 337 g/mol. The van der Waals surface area contributed by atoms with Gasteiger partial charge in [-0.05, 0) is 63.1 Å². The van der Waals surface area contributed by atoms with Crippen molar-refractivity contribution in [2.75, 3.05) is 61.9 Å². The van der Waals surface area contributed by atoms with Crippen molar-refractivity contribution in [1.82, 2.24) is 14.7 Å². The van der Waals surface area contributed by atoms with Gasteiger partial charge >= 0.3 is 8.60 Å². The number of rotatable bonds is 12. The predicted molar refractivity (Wildman–Crippen MR) is 94.2 cm³/mol. The molecule has 0 spiro atoms. The van der Waals surface area contributed by atoms with Gasteiger partial charge in [0.25, 0.3) is 0 Å². The number of hydrogen-bond acceptors (Lipinski definition) is 6. The van der Waals surface area contributed by atoms with Crippen molar-refractivity contribution in [3.63, 3.8) is 0 Å². The quantitative estimate of drug-likeness (QED) is 0.508. The summed E-state index contributed by atoms with van der Waals surface area (Å²) in [6.45, 7) is 8.68. The minimum Gasteiger partial charge on any atom is -0.308 e. The minimum atomic E-state index is -1.35. The summed E-state index contributed by atoms with van der Waals surface area (Å²) in [6, 6.07) is 0. The van der Waals surface area contributed by atoms with Gasteiger partial charge in [0.1, 0.15) is 0 Å². The molecule has 0 aromatic rings. The molecule has 0 unspecified atom stereocenters. The molecule has 0 radical (unpaired) electrons. The molecule has 0 aliphatic carbocycles. The van der Waals surface area contributed by atoms with Gasteiger partial charge in [0, 0.05) is 19.6 Å². The molecule has 6 nitrogen and oxygen atoms in total. The van der Waals surface area contributed by atoms with Crippen molar-refractivity contribution in [3.05, 3.63) is 0 Å². The maximum absolute atomic E-state index is 6.01. The minimum absolute atomic E-state index is 0.0687. The molecule has 0 rings (SSSR count). The first kappa shape index (κ1) is 22.2. The van der Waals surface area contributed by atoms with Crippen LogP contribution < -0.4 is 0 Å². The standard InChI is InChI=1S/C15H36N3O3P/c1-13(10-16(4)5)19-22(20-14(2)11-17(6)7)21-15(3)12-18(8)9/h13-15H,10-12H2,1-9H3/t13-,14-,15+/m1/s1. The monoisotopic (exact) mass is 337 g/mol. The fourth-order valence-corrected chi connectivity index (χ4v) is 3.39. The third-order valence-corrected chi connectivity index (χ3v) is 4.26. The molecular weight excluding hydrogens is 301 g/mol. The Labute approximate surface area is 138 Å². The molecule has 0 aromatic heterocycles. The number of hydrogen-bond donors (Lipinski definition) is 0. The Morgan fingerprint density at radius 1 is 0.591 bits per heavy atom. The summed E-state index contributed by atoms with van der Waals surface area (Å²) in [5.74, 6) is 0. The second-order valence-corrected chi connectivity index (χ2v) is 7.84. The second kappa shape index (κ2) is 11.7. The first-order valence-corrected chi connectivity index (χ1v) is 8.94. The lowest BCUT2D eigenvalue weighted by Crippen LogP contribution is -2.29. The average Bonchev–Trinajstić information content (AvgIpc) is 2.23. The second-order valence-electron chi connectivity index (χ2n) is 6.76. The predicted octanol–water partition coefficient (Wildman–Crippen LogP) is 2.11. The van der Waals surface area contributed by atoms with Gasteiger partial charge in [-0.15, -0.1) is 0 Å². The molecule has 0 heterocycles. The van der Waals surface area contributed by atoms with Crippen molar-refractivity contribution in [1.29, 1.82) is 0 Å². The fourth-order valence-electron chi connectivity index (χ4n) is 2.16. The van der Waals surface area contributed by atoms with Crippen LogP contribution in [0.1, 0.15) is 20.8 Å². The van der Waals surface area contributed by atoms with E-state index in [1.54, 1.807) is 0 Å². The van der Waals surface area contributed by atoms with E-state index in [4.69, 9.17) is 13.6 Å². The van der Waals surface area contributed by atoms with Crippen LogP contribution in [0.25, 0.3) is 0 Å². The first-order valence-electron chi connectivity index (χ1n) is 7.84. The maximum atomic E-state index is 6.01. The largest absolute Gasteiger partial charge is 0.333 e. The topological polar surface area (TPSA) is 37.4 Å². The highest BCUT2D eigenvalue weighted by atomic mass is 31.2. The van der Waals surface area contributed by atoms with Crippen LogP contribution in [0.15, 0.2) is 0 Å². The lowest BCUT2D eigenvalue weighted by molar-refractivity contribution is 0.0581. The molecule has 0 N–H and O–H groups in total.